The van der Waals surface area contributed by atoms with Crippen molar-refractivity contribution >= 4 is 11.4 Å². The third-order valence-electron chi connectivity index (χ3n) is 3.56. The van der Waals surface area contributed by atoms with Crippen molar-refractivity contribution in [1.29, 1.82) is 5.26 Å². The largest absolute Gasteiger partial charge is 0.399 e. The summed E-state index contributed by atoms with van der Waals surface area (Å²) in [5.74, 6) is 0.782. The van der Waals surface area contributed by atoms with Gasteiger partial charge in [-0.3, -0.25) is 0 Å². The molecule has 2 rings (SSSR count). The average molecular weight is 229 g/mol. The lowest BCUT2D eigenvalue weighted by Gasteiger charge is -2.24. The van der Waals surface area contributed by atoms with Gasteiger partial charge in [-0.25, -0.2) is 0 Å². The molecule has 0 unspecified atom stereocenters. The monoisotopic (exact) mass is 229 g/mol. The zero-order chi connectivity index (χ0) is 12.3. The number of nitriles is 1. The van der Waals surface area contributed by atoms with Crippen LogP contribution in [0.5, 0.6) is 0 Å². The third-order valence-corrected chi connectivity index (χ3v) is 3.56. The van der Waals surface area contributed by atoms with Crippen molar-refractivity contribution < 1.29 is 0 Å². The van der Waals surface area contributed by atoms with Crippen LogP contribution in [0, 0.1) is 17.2 Å². The first-order valence-corrected chi connectivity index (χ1v) is 6.21. The number of anilines is 2. The van der Waals surface area contributed by atoms with E-state index >= 15 is 0 Å². The van der Waals surface area contributed by atoms with E-state index in [1.54, 1.807) is 6.07 Å². The van der Waals surface area contributed by atoms with E-state index in [9.17, 15) is 0 Å². The highest BCUT2D eigenvalue weighted by Gasteiger charge is 2.18. The van der Waals surface area contributed by atoms with Crippen LogP contribution in [0.25, 0.3) is 0 Å². The number of hydrogen-bond acceptors (Lipinski definition) is 3. The molecule has 0 saturated heterocycles. The Labute approximate surface area is 103 Å². The molecule has 1 aliphatic carbocycles. The second-order valence-electron chi connectivity index (χ2n) is 4.92. The minimum absolute atomic E-state index is 0.652. The van der Waals surface area contributed by atoms with E-state index in [-0.39, 0.29) is 0 Å². The van der Waals surface area contributed by atoms with Crippen molar-refractivity contribution in [1.82, 2.24) is 0 Å². The Balaban J connectivity index is 2.12. The normalized spacial score (nSPS) is 15.8. The number of nitrogens with zero attached hydrogens (tertiary/aromatic N) is 2. The highest BCUT2D eigenvalue weighted by atomic mass is 15.1. The molecule has 1 aliphatic rings. The van der Waals surface area contributed by atoms with Crippen LogP contribution in [0.3, 0.4) is 0 Å². The summed E-state index contributed by atoms with van der Waals surface area (Å²) in [6, 6.07) is 7.78. The number of benzene rings is 1. The summed E-state index contributed by atoms with van der Waals surface area (Å²) in [6.45, 7) is 1.04. The molecule has 0 atom stereocenters. The summed E-state index contributed by atoms with van der Waals surface area (Å²) < 4.78 is 0. The lowest BCUT2D eigenvalue weighted by atomic mass is 10.1. The van der Waals surface area contributed by atoms with Crippen molar-refractivity contribution in [3.8, 4) is 6.07 Å². The molecule has 90 valence electrons. The Kier molecular flexibility index (Phi) is 3.53. The van der Waals surface area contributed by atoms with Crippen LogP contribution in [0.1, 0.15) is 31.2 Å². The van der Waals surface area contributed by atoms with Gasteiger partial charge in [0.1, 0.15) is 6.07 Å². The summed E-state index contributed by atoms with van der Waals surface area (Å²) >= 11 is 0. The maximum Gasteiger partial charge on any atom is 0.101 e. The molecule has 1 aromatic carbocycles. The van der Waals surface area contributed by atoms with Crippen molar-refractivity contribution in [2.24, 2.45) is 5.92 Å². The fourth-order valence-corrected chi connectivity index (χ4v) is 2.65. The first-order valence-electron chi connectivity index (χ1n) is 6.21. The van der Waals surface area contributed by atoms with Gasteiger partial charge in [-0.15, -0.1) is 0 Å². The fraction of sp³-hybridized carbons (Fsp3) is 0.500. The predicted molar refractivity (Wildman–Crippen MR) is 70.8 cm³/mol. The van der Waals surface area contributed by atoms with Crippen LogP contribution in [-0.2, 0) is 0 Å². The first kappa shape index (κ1) is 11.8. The molecule has 1 saturated carbocycles. The van der Waals surface area contributed by atoms with Crippen LogP contribution in [0.2, 0.25) is 0 Å². The molecule has 0 amide bonds. The van der Waals surface area contributed by atoms with Gasteiger partial charge < -0.3 is 10.6 Å². The Morgan fingerprint density at radius 3 is 2.76 bits per heavy atom. The minimum Gasteiger partial charge on any atom is -0.399 e. The summed E-state index contributed by atoms with van der Waals surface area (Å²) in [4.78, 5) is 2.19. The van der Waals surface area contributed by atoms with Gasteiger partial charge >= 0.3 is 0 Å². The SMILES string of the molecule is CN(CC1CCCC1)c1ccc(N)cc1C#N. The van der Waals surface area contributed by atoms with E-state index in [4.69, 9.17) is 11.0 Å². The summed E-state index contributed by atoms with van der Waals surface area (Å²) in [5, 5.41) is 9.12. The summed E-state index contributed by atoms with van der Waals surface area (Å²) in [7, 11) is 2.06. The number of nitrogens with two attached hydrogens (primary N) is 1. The molecule has 0 heterocycles. The van der Waals surface area contributed by atoms with Crippen LogP contribution >= 0.6 is 0 Å². The maximum absolute atomic E-state index is 9.12. The molecule has 0 bridgehead atoms. The average Bonchev–Trinajstić information content (AvgIpc) is 2.81. The highest BCUT2D eigenvalue weighted by molar-refractivity contribution is 5.64. The fourth-order valence-electron chi connectivity index (χ4n) is 2.65. The van der Waals surface area contributed by atoms with Gasteiger partial charge in [0.15, 0.2) is 0 Å². The molecule has 1 aromatic rings. The van der Waals surface area contributed by atoms with E-state index in [2.05, 4.69) is 18.0 Å². The molecule has 0 aliphatic heterocycles. The van der Waals surface area contributed by atoms with Gasteiger partial charge in [-0.2, -0.15) is 5.26 Å². The molecular weight excluding hydrogens is 210 g/mol. The standard InChI is InChI=1S/C14H19N3/c1-17(10-11-4-2-3-5-11)14-7-6-13(16)8-12(14)9-15/h6-8,11H,2-5,10,16H2,1H3. The maximum atomic E-state index is 9.12. The lowest BCUT2D eigenvalue weighted by molar-refractivity contribution is 0.547. The van der Waals surface area contributed by atoms with Gasteiger partial charge in [0.25, 0.3) is 0 Å². The highest BCUT2D eigenvalue weighted by Crippen LogP contribution is 2.28. The Bertz CT molecular complexity index is 428. The Morgan fingerprint density at radius 2 is 2.12 bits per heavy atom. The number of hydrogen-bond donors (Lipinski definition) is 1. The van der Waals surface area contributed by atoms with Gasteiger partial charge in [0, 0.05) is 19.3 Å². The zero-order valence-corrected chi connectivity index (χ0v) is 10.3. The van der Waals surface area contributed by atoms with Crippen molar-refractivity contribution in [2.75, 3.05) is 24.2 Å². The predicted octanol–water partition coefficient (Wildman–Crippen LogP) is 2.77. The molecule has 3 heteroatoms. The molecule has 0 radical (unpaired) electrons. The summed E-state index contributed by atoms with van der Waals surface area (Å²) in [5.41, 5.74) is 8.02. The van der Waals surface area contributed by atoms with Crippen LogP contribution in [0.4, 0.5) is 11.4 Å². The molecule has 17 heavy (non-hydrogen) atoms. The topological polar surface area (TPSA) is 53.0 Å². The summed E-state index contributed by atoms with van der Waals surface area (Å²) in [6.07, 6.45) is 5.35. The molecule has 1 fully saturated rings. The second-order valence-corrected chi connectivity index (χ2v) is 4.92. The number of nitrogen functional groups attached to an aromatic ring is 1. The molecule has 0 spiro atoms. The zero-order valence-electron chi connectivity index (χ0n) is 10.3. The van der Waals surface area contributed by atoms with Gasteiger partial charge in [-0.05, 0) is 37.0 Å². The van der Waals surface area contributed by atoms with Gasteiger partial charge in [0.2, 0.25) is 0 Å². The van der Waals surface area contributed by atoms with Gasteiger partial charge in [0.05, 0.1) is 11.3 Å². The quantitative estimate of drug-likeness (QED) is 0.811. The van der Waals surface area contributed by atoms with Crippen LogP contribution in [0.15, 0.2) is 18.2 Å². The third kappa shape index (κ3) is 2.71. The van der Waals surface area contributed by atoms with Gasteiger partial charge in [-0.1, -0.05) is 12.8 Å². The lowest BCUT2D eigenvalue weighted by Crippen LogP contribution is -2.24. The van der Waals surface area contributed by atoms with Crippen molar-refractivity contribution in [3.63, 3.8) is 0 Å². The smallest absolute Gasteiger partial charge is 0.101 e. The molecule has 3 nitrogen and oxygen atoms in total. The van der Waals surface area contributed by atoms with Crippen LogP contribution < -0.4 is 10.6 Å². The van der Waals surface area contributed by atoms with Crippen molar-refractivity contribution in [2.45, 2.75) is 25.7 Å². The molecular formula is C14H19N3. The van der Waals surface area contributed by atoms with E-state index in [0.29, 0.717) is 11.3 Å². The van der Waals surface area contributed by atoms with E-state index in [1.165, 1.54) is 25.7 Å². The minimum atomic E-state index is 0.652. The Morgan fingerprint density at radius 1 is 1.41 bits per heavy atom. The van der Waals surface area contributed by atoms with E-state index in [0.717, 1.165) is 18.2 Å². The first-order chi connectivity index (χ1) is 8.20. The van der Waals surface area contributed by atoms with Crippen molar-refractivity contribution in [3.05, 3.63) is 23.8 Å². The second kappa shape index (κ2) is 5.09. The van der Waals surface area contributed by atoms with Crippen LogP contribution in [-0.4, -0.2) is 13.6 Å². The molecule has 2 N–H and O–H groups in total. The van der Waals surface area contributed by atoms with E-state index in [1.807, 2.05) is 12.1 Å². The van der Waals surface area contributed by atoms with E-state index < -0.39 is 0 Å². The number of rotatable bonds is 3. The Hall–Kier alpha value is -1.69. The molecule has 0 aromatic heterocycles.